The molecule has 0 bridgehead atoms. The minimum Gasteiger partial charge on any atom is -0.371 e. The number of nitrogens with zero attached hydrogens (tertiary/aromatic N) is 5. The second-order valence-electron chi connectivity index (χ2n) is 6.41. The molecule has 0 N–H and O–H groups in total. The van der Waals surface area contributed by atoms with Gasteiger partial charge in [0.1, 0.15) is 4.90 Å². The van der Waals surface area contributed by atoms with Crippen molar-refractivity contribution in [1.82, 2.24) is 23.9 Å². The molecule has 1 atom stereocenters. The van der Waals surface area contributed by atoms with Crippen LogP contribution >= 0.6 is 0 Å². The fraction of sp³-hybridized carbons (Fsp3) is 0.647. The van der Waals surface area contributed by atoms with Gasteiger partial charge in [0.15, 0.2) is 0 Å². The van der Waals surface area contributed by atoms with Gasteiger partial charge >= 0.3 is 0 Å². The van der Waals surface area contributed by atoms with Crippen molar-refractivity contribution in [3.8, 4) is 0 Å². The molecule has 9 heteroatoms. The summed E-state index contributed by atoms with van der Waals surface area (Å²) in [6.07, 6.45) is 4.57. The second kappa shape index (κ2) is 7.50. The highest BCUT2D eigenvalue weighted by Crippen LogP contribution is 2.30. The van der Waals surface area contributed by atoms with E-state index in [-0.39, 0.29) is 6.10 Å². The Labute approximate surface area is 154 Å². The normalized spacial score (nSPS) is 19.2. The third kappa shape index (κ3) is 3.30. The van der Waals surface area contributed by atoms with E-state index in [1.807, 2.05) is 31.6 Å². The first-order chi connectivity index (χ1) is 12.4. The predicted octanol–water partition coefficient (Wildman–Crippen LogP) is 1.52. The van der Waals surface area contributed by atoms with E-state index in [2.05, 4.69) is 10.2 Å². The average Bonchev–Trinajstić information content (AvgIpc) is 3.25. The molecule has 26 heavy (non-hydrogen) atoms. The van der Waals surface area contributed by atoms with E-state index in [1.54, 1.807) is 17.9 Å². The maximum atomic E-state index is 13.4. The molecule has 0 radical (unpaired) electrons. The summed E-state index contributed by atoms with van der Waals surface area (Å²) in [4.78, 5) is 0.370. The molecule has 3 rings (SSSR count). The van der Waals surface area contributed by atoms with Crippen LogP contribution in [0.3, 0.4) is 0 Å². The van der Waals surface area contributed by atoms with Crippen molar-refractivity contribution in [2.75, 3.05) is 19.7 Å². The van der Waals surface area contributed by atoms with Crippen molar-refractivity contribution in [3.05, 3.63) is 29.3 Å². The molecule has 1 aliphatic heterocycles. The molecule has 2 aromatic heterocycles. The number of ether oxygens (including phenoxy) is 1. The van der Waals surface area contributed by atoms with Crippen molar-refractivity contribution < 1.29 is 13.2 Å². The Morgan fingerprint density at radius 3 is 2.65 bits per heavy atom. The molecule has 0 spiro atoms. The zero-order chi connectivity index (χ0) is 18.9. The summed E-state index contributed by atoms with van der Waals surface area (Å²) in [5, 5.41) is 8.69. The van der Waals surface area contributed by atoms with E-state index >= 15 is 0 Å². The molecule has 144 valence electrons. The van der Waals surface area contributed by atoms with Crippen LogP contribution in [-0.4, -0.2) is 52.0 Å². The summed E-state index contributed by atoms with van der Waals surface area (Å²) >= 11 is 0. The molecule has 0 saturated carbocycles. The van der Waals surface area contributed by atoms with Gasteiger partial charge in [0.2, 0.25) is 10.0 Å². The molecular weight excluding hydrogens is 354 g/mol. The Balaban J connectivity index is 1.92. The molecule has 0 aliphatic carbocycles. The van der Waals surface area contributed by atoms with Crippen LogP contribution in [0.5, 0.6) is 0 Å². The first kappa shape index (κ1) is 19.1. The van der Waals surface area contributed by atoms with Gasteiger partial charge in [0.05, 0.1) is 30.3 Å². The summed E-state index contributed by atoms with van der Waals surface area (Å²) in [5.74, 6) is 0. The topological polar surface area (TPSA) is 82.2 Å². The summed E-state index contributed by atoms with van der Waals surface area (Å²) in [6, 6.07) is 0. The summed E-state index contributed by atoms with van der Waals surface area (Å²) in [7, 11) is -1.82. The lowest BCUT2D eigenvalue weighted by molar-refractivity contribution is -0.00263. The molecule has 1 unspecified atom stereocenters. The summed E-state index contributed by atoms with van der Waals surface area (Å²) < 4.78 is 37.6. The minimum atomic E-state index is -3.62. The molecule has 0 amide bonds. The standard InChI is InChI=1S/C17H27N5O3S/c1-5-14-17(15(6-2)20(4)19-14)26(23,24)22-8-9-25-16(12-22)13-10-18-21(7-3)11-13/h10-11,16H,5-9,12H2,1-4H3. The Morgan fingerprint density at radius 1 is 1.27 bits per heavy atom. The Hall–Kier alpha value is -1.71. The van der Waals surface area contributed by atoms with Crippen molar-refractivity contribution in [3.63, 3.8) is 0 Å². The highest BCUT2D eigenvalue weighted by atomic mass is 32.2. The van der Waals surface area contributed by atoms with Crippen molar-refractivity contribution in [1.29, 1.82) is 0 Å². The molecule has 2 aromatic rings. The number of morpholine rings is 1. The van der Waals surface area contributed by atoms with Crippen LogP contribution in [-0.2, 0) is 41.2 Å². The molecule has 3 heterocycles. The highest BCUT2D eigenvalue weighted by Gasteiger charge is 2.36. The Kier molecular flexibility index (Phi) is 5.50. The van der Waals surface area contributed by atoms with Gasteiger partial charge in [-0.2, -0.15) is 14.5 Å². The van der Waals surface area contributed by atoms with Gasteiger partial charge in [-0.15, -0.1) is 0 Å². The fourth-order valence-electron chi connectivity index (χ4n) is 3.41. The Morgan fingerprint density at radius 2 is 2.04 bits per heavy atom. The van der Waals surface area contributed by atoms with Crippen LogP contribution in [0, 0.1) is 0 Å². The van der Waals surface area contributed by atoms with Gasteiger partial charge in [0.25, 0.3) is 0 Å². The summed E-state index contributed by atoms with van der Waals surface area (Å²) in [6.45, 7) is 7.67. The van der Waals surface area contributed by atoms with Crippen molar-refractivity contribution >= 4 is 10.0 Å². The summed E-state index contributed by atoms with van der Waals surface area (Å²) in [5.41, 5.74) is 2.29. The maximum absolute atomic E-state index is 13.4. The molecule has 1 saturated heterocycles. The number of hydrogen-bond donors (Lipinski definition) is 0. The zero-order valence-corrected chi connectivity index (χ0v) is 16.7. The quantitative estimate of drug-likeness (QED) is 0.758. The van der Waals surface area contributed by atoms with Crippen molar-refractivity contribution in [2.24, 2.45) is 7.05 Å². The van der Waals surface area contributed by atoms with Crippen LogP contribution in [0.15, 0.2) is 17.3 Å². The van der Waals surface area contributed by atoms with Gasteiger partial charge in [-0.25, -0.2) is 8.42 Å². The lowest BCUT2D eigenvalue weighted by Crippen LogP contribution is -2.42. The number of rotatable bonds is 6. The minimum absolute atomic E-state index is 0.291. The third-order valence-electron chi connectivity index (χ3n) is 4.83. The van der Waals surface area contributed by atoms with E-state index in [0.717, 1.165) is 17.8 Å². The maximum Gasteiger partial charge on any atom is 0.246 e. The number of hydrogen-bond acceptors (Lipinski definition) is 5. The third-order valence-corrected chi connectivity index (χ3v) is 6.83. The molecular formula is C17H27N5O3S. The first-order valence-electron chi connectivity index (χ1n) is 9.11. The first-order valence-corrected chi connectivity index (χ1v) is 10.5. The lowest BCUT2D eigenvalue weighted by atomic mass is 10.2. The number of aromatic nitrogens is 4. The van der Waals surface area contributed by atoms with E-state index in [0.29, 0.717) is 43.1 Å². The zero-order valence-electron chi connectivity index (χ0n) is 15.8. The van der Waals surface area contributed by atoms with Crippen LogP contribution in [0.2, 0.25) is 0 Å². The fourth-order valence-corrected chi connectivity index (χ4v) is 5.37. The smallest absolute Gasteiger partial charge is 0.246 e. The SMILES string of the molecule is CCc1nn(C)c(CC)c1S(=O)(=O)N1CCOC(c2cnn(CC)c2)C1. The Bertz CT molecular complexity index is 871. The number of aryl methyl sites for hydroxylation is 3. The van der Waals surface area contributed by atoms with Gasteiger partial charge in [0, 0.05) is 38.4 Å². The van der Waals surface area contributed by atoms with Crippen LogP contribution in [0.4, 0.5) is 0 Å². The van der Waals surface area contributed by atoms with Crippen LogP contribution < -0.4 is 0 Å². The van der Waals surface area contributed by atoms with Gasteiger partial charge in [-0.3, -0.25) is 9.36 Å². The van der Waals surface area contributed by atoms with E-state index in [4.69, 9.17) is 4.74 Å². The second-order valence-corrected chi connectivity index (χ2v) is 8.28. The molecule has 0 aromatic carbocycles. The van der Waals surface area contributed by atoms with E-state index in [9.17, 15) is 8.42 Å². The van der Waals surface area contributed by atoms with E-state index < -0.39 is 10.0 Å². The number of sulfonamides is 1. The molecule has 1 fully saturated rings. The van der Waals surface area contributed by atoms with Crippen LogP contribution in [0.1, 0.15) is 43.8 Å². The van der Waals surface area contributed by atoms with Gasteiger partial charge in [-0.1, -0.05) is 13.8 Å². The monoisotopic (exact) mass is 381 g/mol. The molecule has 8 nitrogen and oxygen atoms in total. The average molecular weight is 382 g/mol. The largest absolute Gasteiger partial charge is 0.371 e. The van der Waals surface area contributed by atoms with Gasteiger partial charge in [-0.05, 0) is 19.8 Å². The highest BCUT2D eigenvalue weighted by molar-refractivity contribution is 7.89. The van der Waals surface area contributed by atoms with Gasteiger partial charge < -0.3 is 4.74 Å². The van der Waals surface area contributed by atoms with Crippen molar-refractivity contribution in [2.45, 2.75) is 51.2 Å². The van der Waals surface area contributed by atoms with E-state index in [1.165, 1.54) is 4.31 Å². The lowest BCUT2D eigenvalue weighted by Gasteiger charge is -2.32. The van der Waals surface area contributed by atoms with Crippen LogP contribution in [0.25, 0.3) is 0 Å². The molecule has 1 aliphatic rings. The predicted molar refractivity (Wildman–Crippen MR) is 97.3 cm³/mol.